The zero-order valence-electron chi connectivity index (χ0n) is 27.7. The summed E-state index contributed by atoms with van der Waals surface area (Å²) in [6.45, 7) is 0. The highest BCUT2D eigenvalue weighted by Gasteiger charge is 2.46. The molecule has 0 amide bonds. The number of nitrogens with zero attached hydrogens (tertiary/aromatic N) is 3. The molecule has 8 aromatic carbocycles. The van der Waals surface area contributed by atoms with E-state index in [1.54, 1.807) is 0 Å². The van der Waals surface area contributed by atoms with Gasteiger partial charge in [0.1, 0.15) is 0 Å². The lowest BCUT2D eigenvalue weighted by Crippen LogP contribution is -2.28. The van der Waals surface area contributed by atoms with Crippen LogP contribution in [-0.4, -0.2) is 15.0 Å². The van der Waals surface area contributed by atoms with Crippen LogP contribution in [0.2, 0.25) is 0 Å². The van der Waals surface area contributed by atoms with Crippen molar-refractivity contribution >= 4 is 21.5 Å². The Morgan fingerprint density at radius 1 is 0.314 bits per heavy atom. The van der Waals surface area contributed by atoms with E-state index in [4.69, 9.17) is 15.0 Å². The highest BCUT2D eigenvalue weighted by Crippen LogP contribution is 2.56. The first kappa shape index (κ1) is 29.2. The predicted octanol–water partition coefficient (Wildman–Crippen LogP) is 11.5. The summed E-state index contributed by atoms with van der Waals surface area (Å²) in [6, 6.07) is 67.0. The third-order valence-corrected chi connectivity index (χ3v) is 10.4. The van der Waals surface area contributed by atoms with Gasteiger partial charge in [-0.2, -0.15) is 0 Å². The van der Waals surface area contributed by atoms with Crippen molar-refractivity contribution in [1.82, 2.24) is 15.0 Å². The zero-order chi connectivity index (χ0) is 33.8. The van der Waals surface area contributed by atoms with E-state index in [-0.39, 0.29) is 0 Å². The predicted molar refractivity (Wildman–Crippen MR) is 208 cm³/mol. The zero-order valence-corrected chi connectivity index (χ0v) is 27.7. The largest absolute Gasteiger partial charge is 0.208 e. The summed E-state index contributed by atoms with van der Waals surface area (Å²) in [6.07, 6.45) is 0. The molecule has 51 heavy (non-hydrogen) atoms. The molecule has 0 bridgehead atoms. The Morgan fingerprint density at radius 2 is 0.902 bits per heavy atom. The smallest absolute Gasteiger partial charge is 0.164 e. The summed E-state index contributed by atoms with van der Waals surface area (Å²) in [5.74, 6) is 1.96. The van der Waals surface area contributed by atoms with Crippen LogP contribution in [0.15, 0.2) is 188 Å². The molecule has 10 rings (SSSR count). The van der Waals surface area contributed by atoms with Gasteiger partial charge in [-0.15, -0.1) is 0 Å². The van der Waals surface area contributed by atoms with Crippen LogP contribution in [0, 0.1) is 0 Å². The summed E-state index contributed by atoms with van der Waals surface area (Å²) in [4.78, 5) is 15.3. The van der Waals surface area contributed by atoms with E-state index in [1.165, 1.54) is 38.8 Å². The SMILES string of the molecule is c1ccc(-c2nc(-c3ccc4cc5c(cc4c3)C(c3ccccc3)(c3ccccc3)c3ccccc3-5)nc(-c3cccc4ccccc34)n2)cc1. The van der Waals surface area contributed by atoms with Crippen molar-refractivity contribution in [2.75, 3.05) is 0 Å². The fourth-order valence-corrected chi connectivity index (χ4v) is 8.09. The second-order valence-corrected chi connectivity index (χ2v) is 13.2. The van der Waals surface area contributed by atoms with Crippen LogP contribution in [-0.2, 0) is 5.41 Å². The molecule has 0 radical (unpaired) electrons. The highest BCUT2D eigenvalue weighted by molar-refractivity contribution is 5.98. The minimum atomic E-state index is -0.464. The van der Waals surface area contributed by atoms with E-state index >= 15 is 0 Å². The summed E-state index contributed by atoms with van der Waals surface area (Å²) in [5.41, 5.74) is 10.1. The Morgan fingerprint density at radius 3 is 1.67 bits per heavy atom. The Labute approximate surface area is 296 Å². The van der Waals surface area contributed by atoms with Crippen LogP contribution >= 0.6 is 0 Å². The van der Waals surface area contributed by atoms with Crippen molar-refractivity contribution in [1.29, 1.82) is 0 Å². The third kappa shape index (κ3) is 4.63. The molecule has 0 N–H and O–H groups in total. The first-order valence-electron chi connectivity index (χ1n) is 17.4. The summed E-state index contributed by atoms with van der Waals surface area (Å²) >= 11 is 0. The van der Waals surface area contributed by atoms with E-state index in [9.17, 15) is 0 Å². The molecule has 1 aliphatic carbocycles. The Hall–Kier alpha value is -6.71. The van der Waals surface area contributed by atoms with Gasteiger partial charge in [-0.05, 0) is 73.1 Å². The van der Waals surface area contributed by atoms with Crippen LogP contribution in [0.3, 0.4) is 0 Å². The maximum absolute atomic E-state index is 5.16. The van der Waals surface area contributed by atoms with Gasteiger partial charge in [-0.3, -0.25) is 0 Å². The van der Waals surface area contributed by atoms with Gasteiger partial charge >= 0.3 is 0 Å². The van der Waals surface area contributed by atoms with Crippen LogP contribution in [0.5, 0.6) is 0 Å². The van der Waals surface area contributed by atoms with Gasteiger partial charge in [0.2, 0.25) is 0 Å². The first-order chi connectivity index (χ1) is 25.3. The second-order valence-electron chi connectivity index (χ2n) is 13.2. The molecule has 0 saturated heterocycles. The summed E-state index contributed by atoms with van der Waals surface area (Å²) in [7, 11) is 0. The molecule has 1 heterocycles. The van der Waals surface area contributed by atoms with Gasteiger partial charge in [0.25, 0.3) is 0 Å². The molecule has 1 aliphatic rings. The second kappa shape index (κ2) is 11.7. The minimum Gasteiger partial charge on any atom is -0.208 e. The van der Waals surface area contributed by atoms with E-state index in [1.807, 2.05) is 18.2 Å². The molecule has 0 saturated carbocycles. The van der Waals surface area contributed by atoms with Crippen LogP contribution in [0.1, 0.15) is 22.3 Å². The van der Waals surface area contributed by atoms with Gasteiger partial charge in [0.05, 0.1) is 5.41 Å². The Bertz CT molecular complexity index is 2690. The lowest BCUT2D eigenvalue weighted by molar-refractivity contribution is 0.769. The lowest BCUT2D eigenvalue weighted by Gasteiger charge is -2.34. The number of fused-ring (bicyclic) bond motifs is 5. The average molecular weight is 650 g/mol. The molecule has 238 valence electrons. The standard InChI is InChI=1S/C48H31N3/c1-4-16-33(17-5-1)45-49-46(51-47(50-45)41-25-14-18-32-15-10-11-23-39(32)41)35-28-27-34-30-42-40-24-12-13-26-43(40)48(37-19-6-2-7-20-37,38-21-8-3-9-22-38)44(42)31-36(34)29-35/h1-31H. The molecule has 0 unspecified atom stereocenters. The fourth-order valence-electron chi connectivity index (χ4n) is 8.09. The van der Waals surface area contributed by atoms with Gasteiger partial charge in [-0.1, -0.05) is 170 Å². The normalized spacial score (nSPS) is 12.9. The topological polar surface area (TPSA) is 38.7 Å². The summed E-state index contributed by atoms with van der Waals surface area (Å²) in [5, 5.41) is 4.58. The first-order valence-corrected chi connectivity index (χ1v) is 17.4. The van der Waals surface area contributed by atoms with Crippen molar-refractivity contribution < 1.29 is 0 Å². The van der Waals surface area contributed by atoms with Crippen molar-refractivity contribution in [3.05, 3.63) is 210 Å². The van der Waals surface area contributed by atoms with E-state index in [0.717, 1.165) is 32.8 Å². The van der Waals surface area contributed by atoms with Crippen LogP contribution < -0.4 is 0 Å². The van der Waals surface area contributed by atoms with Crippen LogP contribution in [0.25, 0.3) is 66.8 Å². The van der Waals surface area contributed by atoms with Crippen molar-refractivity contribution in [3.63, 3.8) is 0 Å². The number of benzene rings is 8. The van der Waals surface area contributed by atoms with Crippen molar-refractivity contribution in [2.24, 2.45) is 0 Å². The number of rotatable bonds is 5. The number of hydrogen-bond acceptors (Lipinski definition) is 3. The van der Waals surface area contributed by atoms with Gasteiger partial charge in [0.15, 0.2) is 17.5 Å². The van der Waals surface area contributed by atoms with Gasteiger partial charge < -0.3 is 0 Å². The quantitative estimate of drug-likeness (QED) is 0.186. The van der Waals surface area contributed by atoms with Crippen molar-refractivity contribution in [2.45, 2.75) is 5.41 Å². The molecule has 0 fully saturated rings. The minimum absolute atomic E-state index is 0.464. The monoisotopic (exact) mass is 649 g/mol. The molecule has 3 nitrogen and oxygen atoms in total. The van der Waals surface area contributed by atoms with Gasteiger partial charge in [-0.25, -0.2) is 15.0 Å². The van der Waals surface area contributed by atoms with E-state index < -0.39 is 5.41 Å². The molecule has 0 atom stereocenters. The summed E-state index contributed by atoms with van der Waals surface area (Å²) < 4.78 is 0. The maximum Gasteiger partial charge on any atom is 0.164 e. The van der Waals surface area contributed by atoms with E-state index in [0.29, 0.717) is 17.5 Å². The fraction of sp³-hybridized carbons (Fsp3) is 0.0208. The molecule has 1 aromatic heterocycles. The third-order valence-electron chi connectivity index (χ3n) is 10.4. The molecular weight excluding hydrogens is 619 g/mol. The average Bonchev–Trinajstić information content (AvgIpc) is 3.50. The maximum atomic E-state index is 5.16. The molecular formula is C48H31N3. The molecule has 0 spiro atoms. The Balaban J connectivity index is 1.21. The lowest BCUT2D eigenvalue weighted by atomic mass is 9.67. The van der Waals surface area contributed by atoms with Gasteiger partial charge in [0, 0.05) is 16.7 Å². The molecule has 9 aromatic rings. The highest BCUT2D eigenvalue weighted by atomic mass is 15.0. The molecule has 3 heteroatoms. The van der Waals surface area contributed by atoms with E-state index in [2.05, 4.69) is 170 Å². The van der Waals surface area contributed by atoms with Crippen molar-refractivity contribution in [3.8, 4) is 45.3 Å². The van der Waals surface area contributed by atoms with Crippen LogP contribution in [0.4, 0.5) is 0 Å². The number of hydrogen-bond donors (Lipinski definition) is 0. The Kier molecular flexibility index (Phi) is 6.71. The number of aromatic nitrogens is 3. The molecule has 0 aliphatic heterocycles.